The molecule has 2 unspecified atom stereocenters. The zero-order valence-electron chi connectivity index (χ0n) is 8.77. The highest BCUT2D eigenvalue weighted by molar-refractivity contribution is 6.05. The van der Waals surface area contributed by atoms with E-state index >= 15 is 0 Å². The van der Waals surface area contributed by atoms with E-state index in [2.05, 4.69) is 6.92 Å². The number of amides is 2. The molecule has 0 bridgehead atoms. The molecule has 0 aromatic heterocycles. The predicted molar refractivity (Wildman–Crippen MR) is 52.3 cm³/mol. The molecule has 2 fully saturated rings. The lowest BCUT2D eigenvalue weighted by molar-refractivity contribution is -0.139. The summed E-state index contributed by atoms with van der Waals surface area (Å²) in [5.74, 6) is 0.00809. The molecule has 0 aromatic carbocycles. The van der Waals surface area contributed by atoms with Gasteiger partial charge in [-0.25, -0.2) is 0 Å². The molecule has 4 heteroatoms. The van der Waals surface area contributed by atoms with E-state index in [4.69, 9.17) is 5.26 Å². The molecule has 1 saturated heterocycles. The summed E-state index contributed by atoms with van der Waals surface area (Å²) >= 11 is 0. The summed E-state index contributed by atoms with van der Waals surface area (Å²) in [7, 11) is 0. The largest absolute Gasteiger partial charge is 0.274 e. The Morgan fingerprint density at radius 2 is 1.87 bits per heavy atom. The lowest BCUT2D eigenvalue weighted by Crippen LogP contribution is -2.32. The Kier molecular flexibility index (Phi) is 2.47. The van der Waals surface area contributed by atoms with E-state index in [1.54, 1.807) is 0 Å². The number of hydrogen-bond acceptors (Lipinski definition) is 3. The molecule has 0 aromatic rings. The van der Waals surface area contributed by atoms with E-state index in [0.717, 1.165) is 24.2 Å². The average Bonchev–Trinajstić information content (AvgIpc) is 2.75. The molecule has 1 aliphatic heterocycles. The first kappa shape index (κ1) is 10.2. The third kappa shape index (κ3) is 1.43. The van der Waals surface area contributed by atoms with Crippen molar-refractivity contribution in [1.29, 1.82) is 5.26 Å². The fraction of sp³-hybridized carbons (Fsp3) is 0.727. The normalized spacial score (nSPS) is 34.4. The van der Waals surface area contributed by atoms with Gasteiger partial charge in [-0.3, -0.25) is 14.5 Å². The molecule has 1 heterocycles. The van der Waals surface area contributed by atoms with Crippen molar-refractivity contribution < 1.29 is 9.59 Å². The molecule has 1 saturated carbocycles. The fourth-order valence-electron chi connectivity index (χ4n) is 2.76. The van der Waals surface area contributed by atoms with E-state index in [0.29, 0.717) is 5.92 Å². The number of likely N-dealkylation sites (tertiary alicyclic amines) is 1. The van der Waals surface area contributed by atoms with Crippen LogP contribution in [0.3, 0.4) is 0 Å². The Balaban J connectivity index is 2.15. The molecule has 2 aliphatic rings. The van der Waals surface area contributed by atoms with Gasteiger partial charge in [0.25, 0.3) is 0 Å². The lowest BCUT2D eigenvalue weighted by atomic mass is 10.00. The minimum absolute atomic E-state index is 0.0819. The summed E-state index contributed by atoms with van der Waals surface area (Å²) in [6.07, 6.45) is 2.69. The van der Waals surface area contributed by atoms with Gasteiger partial charge in [0.15, 0.2) is 0 Å². The highest BCUT2D eigenvalue weighted by atomic mass is 16.2. The maximum atomic E-state index is 11.8. The first-order valence-corrected chi connectivity index (χ1v) is 5.41. The monoisotopic (exact) mass is 206 g/mol. The van der Waals surface area contributed by atoms with Gasteiger partial charge in [-0.15, -0.1) is 0 Å². The summed E-state index contributed by atoms with van der Waals surface area (Å²) in [5, 5.41) is 8.53. The Labute approximate surface area is 88.9 Å². The average molecular weight is 206 g/mol. The van der Waals surface area contributed by atoms with Gasteiger partial charge < -0.3 is 0 Å². The van der Waals surface area contributed by atoms with Crippen LogP contribution >= 0.6 is 0 Å². The summed E-state index contributed by atoms with van der Waals surface area (Å²) in [6.45, 7) is 2.01. The van der Waals surface area contributed by atoms with Gasteiger partial charge in [-0.05, 0) is 18.8 Å². The highest BCUT2D eigenvalue weighted by Gasteiger charge is 2.51. The van der Waals surface area contributed by atoms with Crippen LogP contribution < -0.4 is 0 Å². The van der Waals surface area contributed by atoms with Crippen LogP contribution in [-0.2, 0) is 9.59 Å². The Bertz CT molecular complexity index is 321. The van der Waals surface area contributed by atoms with Crippen LogP contribution in [0.5, 0.6) is 0 Å². The molecule has 2 atom stereocenters. The van der Waals surface area contributed by atoms with Crippen molar-refractivity contribution in [2.75, 3.05) is 6.54 Å². The van der Waals surface area contributed by atoms with Crippen LogP contribution in [-0.4, -0.2) is 23.3 Å². The topological polar surface area (TPSA) is 61.2 Å². The van der Waals surface area contributed by atoms with E-state index in [1.165, 1.54) is 0 Å². The van der Waals surface area contributed by atoms with Crippen molar-refractivity contribution in [3.05, 3.63) is 0 Å². The molecule has 80 valence electrons. The maximum absolute atomic E-state index is 11.8. The first-order valence-electron chi connectivity index (χ1n) is 5.41. The number of imide groups is 1. The second-order valence-electron chi connectivity index (χ2n) is 4.38. The van der Waals surface area contributed by atoms with Crippen LogP contribution in [0, 0.1) is 29.1 Å². The molecule has 0 radical (unpaired) electrons. The Morgan fingerprint density at radius 1 is 1.33 bits per heavy atom. The minimum Gasteiger partial charge on any atom is -0.274 e. The second-order valence-corrected chi connectivity index (χ2v) is 4.38. The van der Waals surface area contributed by atoms with Gasteiger partial charge in [0.2, 0.25) is 11.8 Å². The van der Waals surface area contributed by atoms with Gasteiger partial charge in [-0.1, -0.05) is 13.3 Å². The molecular weight excluding hydrogens is 192 g/mol. The summed E-state index contributed by atoms with van der Waals surface area (Å²) < 4.78 is 0. The maximum Gasteiger partial charge on any atom is 0.234 e. The van der Waals surface area contributed by atoms with Crippen molar-refractivity contribution in [3.8, 4) is 6.07 Å². The molecule has 1 aliphatic carbocycles. The number of hydrogen-bond donors (Lipinski definition) is 0. The molecule has 2 rings (SSSR count). The first-order chi connectivity index (χ1) is 7.19. The second kappa shape index (κ2) is 3.65. The van der Waals surface area contributed by atoms with Gasteiger partial charge in [0.05, 0.1) is 17.9 Å². The zero-order chi connectivity index (χ0) is 11.0. The molecule has 4 nitrogen and oxygen atoms in total. The fourth-order valence-corrected chi connectivity index (χ4v) is 2.76. The van der Waals surface area contributed by atoms with Crippen LogP contribution in [0.4, 0.5) is 0 Å². The van der Waals surface area contributed by atoms with E-state index in [-0.39, 0.29) is 30.2 Å². The number of nitrogens with zero attached hydrogens (tertiary/aromatic N) is 2. The highest BCUT2D eigenvalue weighted by Crippen LogP contribution is 2.43. The number of rotatable bonds is 2. The molecule has 0 N–H and O–H groups in total. The smallest absolute Gasteiger partial charge is 0.234 e. The van der Waals surface area contributed by atoms with E-state index in [1.807, 2.05) is 6.07 Å². The number of carbonyl (C=O) groups is 2. The van der Waals surface area contributed by atoms with E-state index < -0.39 is 0 Å². The third-order valence-corrected chi connectivity index (χ3v) is 3.63. The minimum atomic E-state index is -0.129. The quantitative estimate of drug-likeness (QED) is 0.499. The van der Waals surface area contributed by atoms with E-state index in [9.17, 15) is 9.59 Å². The number of carbonyl (C=O) groups excluding carboxylic acids is 2. The van der Waals surface area contributed by atoms with Gasteiger partial charge in [-0.2, -0.15) is 5.26 Å². The number of nitriles is 1. The standard InChI is InChI=1S/C11H14N2O2/c1-2-7-5-8-9(6-7)11(15)13(4-3-12)10(8)14/h7-9H,2,4-6H2,1H3. The summed E-state index contributed by atoms with van der Waals surface area (Å²) in [5.41, 5.74) is 0. The van der Waals surface area contributed by atoms with Crippen molar-refractivity contribution in [2.24, 2.45) is 17.8 Å². The number of fused-ring (bicyclic) bond motifs is 1. The van der Waals surface area contributed by atoms with Crippen molar-refractivity contribution in [2.45, 2.75) is 26.2 Å². The molecular formula is C11H14N2O2. The van der Waals surface area contributed by atoms with Crippen LogP contribution in [0.15, 0.2) is 0 Å². The van der Waals surface area contributed by atoms with Gasteiger partial charge in [0.1, 0.15) is 6.54 Å². The van der Waals surface area contributed by atoms with Gasteiger partial charge >= 0.3 is 0 Å². The van der Waals surface area contributed by atoms with Gasteiger partial charge in [0, 0.05) is 0 Å². The zero-order valence-corrected chi connectivity index (χ0v) is 8.77. The van der Waals surface area contributed by atoms with Crippen LogP contribution in [0.25, 0.3) is 0 Å². The molecule has 0 spiro atoms. The Morgan fingerprint density at radius 3 is 2.27 bits per heavy atom. The van der Waals surface area contributed by atoms with Crippen LogP contribution in [0.2, 0.25) is 0 Å². The summed E-state index contributed by atoms with van der Waals surface area (Å²) in [4.78, 5) is 24.7. The van der Waals surface area contributed by atoms with Crippen molar-refractivity contribution in [3.63, 3.8) is 0 Å². The molecule has 2 amide bonds. The Hall–Kier alpha value is -1.37. The SMILES string of the molecule is CCC1CC2C(=O)N(CC#N)C(=O)C2C1. The van der Waals surface area contributed by atoms with Crippen molar-refractivity contribution in [1.82, 2.24) is 4.90 Å². The lowest BCUT2D eigenvalue weighted by Gasteiger charge is -2.13. The molecule has 15 heavy (non-hydrogen) atoms. The van der Waals surface area contributed by atoms with Crippen molar-refractivity contribution >= 4 is 11.8 Å². The third-order valence-electron chi connectivity index (χ3n) is 3.63. The summed E-state index contributed by atoms with van der Waals surface area (Å²) in [6, 6.07) is 1.87. The predicted octanol–water partition coefficient (Wildman–Crippen LogP) is 0.931. The van der Waals surface area contributed by atoms with Crippen LogP contribution in [0.1, 0.15) is 26.2 Å².